The van der Waals surface area contributed by atoms with E-state index in [1.165, 1.54) is 30.9 Å². The molecule has 2 aromatic carbocycles. The van der Waals surface area contributed by atoms with Crippen LogP contribution in [0, 0.1) is 5.82 Å². The molecule has 0 aromatic heterocycles. The lowest BCUT2D eigenvalue weighted by Crippen LogP contribution is -2.11. The number of hydrogen-bond acceptors (Lipinski definition) is 1. The predicted molar refractivity (Wildman–Crippen MR) is 105 cm³/mol. The van der Waals surface area contributed by atoms with Gasteiger partial charge in [0.05, 0.1) is 6.10 Å². The van der Waals surface area contributed by atoms with E-state index in [0.29, 0.717) is 5.75 Å². The molecule has 0 spiro atoms. The van der Waals surface area contributed by atoms with E-state index < -0.39 is 0 Å². The van der Waals surface area contributed by atoms with Crippen molar-refractivity contribution < 1.29 is 9.13 Å². The first-order valence-corrected chi connectivity index (χ1v) is 9.69. The summed E-state index contributed by atoms with van der Waals surface area (Å²) in [6, 6.07) is 13.4. The second-order valence-corrected chi connectivity index (χ2v) is 6.90. The quantitative estimate of drug-likeness (QED) is 0.415. The van der Waals surface area contributed by atoms with Gasteiger partial charge < -0.3 is 4.74 Å². The number of ether oxygens (including phenoxy) is 1. The van der Waals surface area contributed by atoms with Gasteiger partial charge in [0, 0.05) is 6.07 Å². The van der Waals surface area contributed by atoms with Gasteiger partial charge in [-0.05, 0) is 55.0 Å². The summed E-state index contributed by atoms with van der Waals surface area (Å²) < 4.78 is 20.0. The first-order chi connectivity index (χ1) is 12.1. The molecule has 0 saturated heterocycles. The third-order valence-corrected chi connectivity index (χ3v) is 4.50. The molecule has 0 saturated carbocycles. The van der Waals surface area contributed by atoms with E-state index in [-0.39, 0.29) is 11.9 Å². The molecular formula is C23H31FO. The fourth-order valence-electron chi connectivity index (χ4n) is 3.10. The molecule has 1 nitrogen and oxygen atoms in total. The van der Waals surface area contributed by atoms with Crippen molar-refractivity contribution in [2.45, 2.75) is 71.8 Å². The van der Waals surface area contributed by atoms with Crippen LogP contribution in [0.2, 0.25) is 0 Å². The zero-order valence-electron chi connectivity index (χ0n) is 15.9. The van der Waals surface area contributed by atoms with Gasteiger partial charge in [0.1, 0.15) is 11.6 Å². The lowest BCUT2D eigenvalue weighted by Gasteiger charge is -2.16. The minimum absolute atomic E-state index is 0.110. The van der Waals surface area contributed by atoms with E-state index in [4.69, 9.17) is 4.74 Å². The second-order valence-electron chi connectivity index (χ2n) is 6.90. The lowest BCUT2D eigenvalue weighted by molar-refractivity contribution is 0.205. The summed E-state index contributed by atoms with van der Waals surface area (Å²) in [6.45, 7) is 6.45. The minimum Gasteiger partial charge on any atom is -0.491 e. The highest BCUT2D eigenvalue weighted by atomic mass is 19.1. The molecule has 2 heteroatoms. The van der Waals surface area contributed by atoms with Gasteiger partial charge >= 0.3 is 0 Å². The molecule has 0 aliphatic heterocycles. The first kappa shape index (κ1) is 19.5. The average molecular weight is 342 g/mol. The van der Waals surface area contributed by atoms with E-state index in [2.05, 4.69) is 45.0 Å². The highest BCUT2D eigenvalue weighted by Crippen LogP contribution is 2.27. The Balaban J connectivity index is 2.03. The Morgan fingerprint density at radius 2 is 1.64 bits per heavy atom. The topological polar surface area (TPSA) is 9.23 Å². The van der Waals surface area contributed by atoms with Gasteiger partial charge in [-0.25, -0.2) is 4.39 Å². The SMILES string of the molecule is CCCCCC[C@H](C)Oc1cc(F)cc(-c2ccc(CCC)cc2)c1. The number of benzene rings is 2. The van der Waals surface area contributed by atoms with Crippen LogP contribution < -0.4 is 4.74 Å². The van der Waals surface area contributed by atoms with Gasteiger partial charge in [-0.1, -0.05) is 63.8 Å². The van der Waals surface area contributed by atoms with Gasteiger partial charge in [-0.2, -0.15) is 0 Å². The van der Waals surface area contributed by atoms with Gasteiger partial charge in [0.15, 0.2) is 0 Å². The van der Waals surface area contributed by atoms with Gasteiger partial charge in [-0.3, -0.25) is 0 Å². The molecule has 25 heavy (non-hydrogen) atoms. The summed E-state index contributed by atoms with van der Waals surface area (Å²) in [6.07, 6.45) is 8.24. The van der Waals surface area contributed by atoms with Crippen LogP contribution in [0.5, 0.6) is 5.75 Å². The molecule has 0 heterocycles. The minimum atomic E-state index is -0.247. The summed E-state index contributed by atoms with van der Waals surface area (Å²) in [7, 11) is 0. The molecule has 2 aromatic rings. The van der Waals surface area contributed by atoms with Crippen LogP contribution in [0.25, 0.3) is 11.1 Å². The van der Waals surface area contributed by atoms with Crippen molar-refractivity contribution in [3.05, 3.63) is 53.8 Å². The molecule has 0 fully saturated rings. The van der Waals surface area contributed by atoms with Crippen LogP contribution in [-0.2, 0) is 6.42 Å². The van der Waals surface area contributed by atoms with E-state index >= 15 is 0 Å². The maximum Gasteiger partial charge on any atom is 0.127 e. The Kier molecular flexibility index (Phi) is 7.97. The first-order valence-electron chi connectivity index (χ1n) is 9.69. The van der Waals surface area contributed by atoms with E-state index in [1.54, 1.807) is 6.07 Å². The van der Waals surface area contributed by atoms with Crippen molar-refractivity contribution in [1.82, 2.24) is 0 Å². The molecule has 1 atom stereocenters. The Morgan fingerprint density at radius 3 is 2.32 bits per heavy atom. The normalized spacial score (nSPS) is 12.2. The van der Waals surface area contributed by atoms with Crippen LogP contribution >= 0.6 is 0 Å². The van der Waals surface area contributed by atoms with E-state index in [0.717, 1.165) is 36.8 Å². The monoisotopic (exact) mass is 342 g/mol. The Labute approximate surface area is 152 Å². The molecule has 0 amide bonds. The van der Waals surface area contributed by atoms with Crippen molar-refractivity contribution in [1.29, 1.82) is 0 Å². The largest absolute Gasteiger partial charge is 0.491 e. The molecule has 0 radical (unpaired) electrons. The van der Waals surface area contributed by atoms with Crippen LogP contribution in [-0.4, -0.2) is 6.10 Å². The Bertz CT molecular complexity index is 633. The van der Waals surface area contributed by atoms with Crippen LogP contribution in [0.1, 0.15) is 64.9 Å². The number of halogens is 1. The summed E-state index contributed by atoms with van der Waals surface area (Å²) in [4.78, 5) is 0. The molecular weight excluding hydrogens is 311 g/mol. The number of rotatable bonds is 10. The van der Waals surface area contributed by atoms with Gasteiger partial charge in [0.25, 0.3) is 0 Å². The van der Waals surface area contributed by atoms with Crippen molar-refractivity contribution in [3.8, 4) is 16.9 Å². The molecule has 0 aliphatic rings. The summed E-state index contributed by atoms with van der Waals surface area (Å²) in [5, 5.41) is 0. The summed E-state index contributed by atoms with van der Waals surface area (Å²) in [5.41, 5.74) is 3.22. The third-order valence-electron chi connectivity index (χ3n) is 4.50. The molecule has 0 unspecified atom stereocenters. The van der Waals surface area contributed by atoms with Gasteiger partial charge in [0.2, 0.25) is 0 Å². The predicted octanol–water partition coefficient (Wildman–Crippen LogP) is 7.18. The summed E-state index contributed by atoms with van der Waals surface area (Å²) >= 11 is 0. The molecule has 0 aliphatic carbocycles. The van der Waals surface area contributed by atoms with Crippen molar-refractivity contribution >= 4 is 0 Å². The molecule has 136 valence electrons. The van der Waals surface area contributed by atoms with Crippen LogP contribution in [0.4, 0.5) is 4.39 Å². The molecule has 0 N–H and O–H groups in total. The van der Waals surface area contributed by atoms with Crippen molar-refractivity contribution in [3.63, 3.8) is 0 Å². The molecule has 0 bridgehead atoms. The number of unbranched alkanes of at least 4 members (excludes halogenated alkanes) is 3. The lowest BCUT2D eigenvalue weighted by atomic mass is 10.0. The fraction of sp³-hybridized carbons (Fsp3) is 0.478. The summed E-state index contributed by atoms with van der Waals surface area (Å²) in [5.74, 6) is 0.374. The Morgan fingerprint density at radius 1 is 0.880 bits per heavy atom. The van der Waals surface area contributed by atoms with E-state index in [1.807, 2.05) is 6.07 Å². The average Bonchev–Trinajstić information content (AvgIpc) is 2.59. The molecule has 2 rings (SSSR count). The zero-order valence-corrected chi connectivity index (χ0v) is 15.9. The standard InChI is InChI=1S/C23H31FO/c1-4-6-7-8-10-18(3)25-23-16-21(15-22(24)17-23)20-13-11-19(9-5-2)12-14-20/h11-18H,4-10H2,1-3H3/t18-/m0/s1. The highest BCUT2D eigenvalue weighted by molar-refractivity contribution is 5.65. The van der Waals surface area contributed by atoms with Crippen molar-refractivity contribution in [2.24, 2.45) is 0 Å². The van der Waals surface area contributed by atoms with Crippen molar-refractivity contribution in [2.75, 3.05) is 0 Å². The second kappa shape index (κ2) is 10.2. The van der Waals surface area contributed by atoms with E-state index in [9.17, 15) is 4.39 Å². The van der Waals surface area contributed by atoms with Gasteiger partial charge in [-0.15, -0.1) is 0 Å². The number of hydrogen-bond donors (Lipinski definition) is 0. The van der Waals surface area contributed by atoms with Crippen LogP contribution in [0.3, 0.4) is 0 Å². The maximum absolute atomic E-state index is 14.0. The number of aryl methyl sites for hydroxylation is 1. The smallest absolute Gasteiger partial charge is 0.127 e. The Hall–Kier alpha value is -1.83. The fourth-order valence-corrected chi connectivity index (χ4v) is 3.10. The maximum atomic E-state index is 14.0. The highest BCUT2D eigenvalue weighted by Gasteiger charge is 2.08. The van der Waals surface area contributed by atoms with Crippen LogP contribution in [0.15, 0.2) is 42.5 Å². The third kappa shape index (κ3) is 6.53. The zero-order chi connectivity index (χ0) is 18.1.